The van der Waals surface area contributed by atoms with Crippen LogP contribution in [0.5, 0.6) is 17.2 Å². The van der Waals surface area contributed by atoms with E-state index in [1.165, 1.54) is 0 Å². The van der Waals surface area contributed by atoms with Crippen LogP contribution in [0, 0.1) is 0 Å². The van der Waals surface area contributed by atoms with E-state index in [-0.39, 0.29) is 23.3 Å². The van der Waals surface area contributed by atoms with Gasteiger partial charge in [0.25, 0.3) is 11.8 Å². The van der Waals surface area contributed by atoms with Gasteiger partial charge in [-0.3, -0.25) is 4.79 Å². The van der Waals surface area contributed by atoms with Gasteiger partial charge in [-0.25, -0.2) is 0 Å². The van der Waals surface area contributed by atoms with Gasteiger partial charge in [-0.15, -0.1) is 0 Å². The van der Waals surface area contributed by atoms with Gasteiger partial charge in [-0.2, -0.15) is 4.98 Å². The number of benzene rings is 4. The average molecular weight is 645 g/mol. The maximum Gasteiger partial charge on any atom is 0.271 e. The number of rotatable bonds is 14. The standard InChI is InChI=1S/C38H36N4O6/c1-24(2)30-20-28(32(45-22-25-10-6-4-7-11-25)21-33(30)46-23-26-12-8-5-9-13-26)16-19-31-34(35(36(39)43)41-47-31)37-40-38(48-42-37)27-14-17-29(44-3)18-15-27/h4-15,17-18,20-21,24H,16,19,22-23H2,1-3H3,(H2,39,43). The first-order valence-corrected chi connectivity index (χ1v) is 15.7. The van der Waals surface area contributed by atoms with Crippen molar-refractivity contribution in [2.45, 2.75) is 45.8 Å². The lowest BCUT2D eigenvalue weighted by atomic mass is 9.96. The van der Waals surface area contributed by atoms with E-state index in [0.717, 1.165) is 28.0 Å². The van der Waals surface area contributed by atoms with Crippen molar-refractivity contribution in [3.05, 3.63) is 131 Å². The smallest absolute Gasteiger partial charge is 0.271 e. The number of hydrogen-bond donors (Lipinski definition) is 1. The van der Waals surface area contributed by atoms with Crippen LogP contribution in [-0.2, 0) is 26.1 Å². The lowest BCUT2D eigenvalue weighted by Crippen LogP contribution is -2.13. The third kappa shape index (κ3) is 7.39. The molecule has 0 saturated carbocycles. The van der Waals surface area contributed by atoms with Crippen LogP contribution in [-0.4, -0.2) is 28.3 Å². The second-order valence-electron chi connectivity index (χ2n) is 11.5. The number of aromatic nitrogens is 3. The predicted molar refractivity (Wildman–Crippen MR) is 180 cm³/mol. The second kappa shape index (κ2) is 14.7. The molecule has 0 radical (unpaired) electrons. The molecule has 0 fully saturated rings. The molecule has 0 spiro atoms. The monoisotopic (exact) mass is 644 g/mol. The fraction of sp³-hybridized carbons (Fsp3) is 0.211. The molecule has 48 heavy (non-hydrogen) atoms. The third-order valence-electron chi connectivity index (χ3n) is 7.89. The number of aryl methyl sites for hydroxylation is 2. The molecule has 2 heterocycles. The molecule has 244 valence electrons. The number of carbonyl (C=O) groups is 1. The lowest BCUT2D eigenvalue weighted by Gasteiger charge is -2.20. The van der Waals surface area contributed by atoms with Gasteiger partial charge >= 0.3 is 0 Å². The zero-order valence-electron chi connectivity index (χ0n) is 27.0. The Morgan fingerprint density at radius 2 is 1.44 bits per heavy atom. The molecule has 6 rings (SSSR count). The van der Waals surface area contributed by atoms with Gasteiger partial charge in [-0.1, -0.05) is 84.8 Å². The number of methoxy groups -OCH3 is 1. The van der Waals surface area contributed by atoms with E-state index in [1.807, 2.05) is 66.7 Å². The summed E-state index contributed by atoms with van der Waals surface area (Å²) in [4.78, 5) is 16.9. The summed E-state index contributed by atoms with van der Waals surface area (Å²) in [5.74, 6) is 2.37. The molecule has 0 atom stereocenters. The van der Waals surface area contributed by atoms with Crippen molar-refractivity contribution in [3.63, 3.8) is 0 Å². The van der Waals surface area contributed by atoms with Crippen molar-refractivity contribution in [1.29, 1.82) is 0 Å². The molecule has 0 bridgehead atoms. The van der Waals surface area contributed by atoms with Gasteiger partial charge in [0.05, 0.1) is 12.7 Å². The molecule has 0 unspecified atom stereocenters. The normalized spacial score (nSPS) is 11.1. The van der Waals surface area contributed by atoms with E-state index < -0.39 is 5.91 Å². The van der Waals surface area contributed by atoms with Crippen molar-refractivity contribution in [2.24, 2.45) is 5.73 Å². The van der Waals surface area contributed by atoms with Crippen LogP contribution in [0.15, 0.2) is 106 Å². The number of amides is 1. The molecule has 1 amide bonds. The minimum absolute atomic E-state index is 0.0693. The topological polar surface area (TPSA) is 136 Å². The van der Waals surface area contributed by atoms with Gasteiger partial charge in [0, 0.05) is 18.1 Å². The number of hydrogen-bond acceptors (Lipinski definition) is 9. The second-order valence-corrected chi connectivity index (χ2v) is 11.5. The maximum absolute atomic E-state index is 12.4. The van der Waals surface area contributed by atoms with E-state index in [0.29, 0.717) is 54.4 Å². The molecule has 2 aromatic heterocycles. The highest BCUT2D eigenvalue weighted by molar-refractivity contribution is 5.97. The summed E-state index contributed by atoms with van der Waals surface area (Å²) in [6, 6.07) is 31.3. The number of primary amides is 1. The highest BCUT2D eigenvalue weighted by Gasteiger charge is 2.27. The molecule has 2 N–H and O–H groups in total. The molecule has 10 nitrogen and oxygen atoms in total. The predicted octanol–water partition coefficient (Wildman–Crippen LogP) is 7.57. The zero-order chi connectivity index (χ0) is 33.5. The molecule has 6 aromatic rings. The van der Waals surface area contributed by atoms with Gasteiger partial charge in [0.15, 0.2) is 5.69 Å². The summed E-state index contributed by atoms with van der Waals surface area (Å²) < 4.78 is 29.2. The minimum Gasteiger partial charge on any atom is -0.497 e. The van der Waals surface area contributed by atoms with Crippen LogP contribution in [0.3, 0.4) is 0 Å². The Balaban J connectivity index is 1.31. The Bertz CT molecular complexity index is 1970. The molecule has 0 aliphatic rings. The largest absolute Gasteiger partial charge is 0.497 e. The van der Waals surface area contributed by atoms with Gasteiger partial charge < -0.3 is 29.0 Å². The maximum atomic E-state index is 12.4. The highest BCUT2D eigenvalue weighted by atomic mass is 16.5. The Hall–Kier alpha value is -5.90. The van der Waals surface area contributed by atoms with Crippen LogP contribution < -0.4 is 19.9 Å². The van der Waals surface area contributed by atoms with Crippen molar-refractivity contribution in [3.8, 4) is 40.1 Å². The summed E-state index contributed by atoms with van der Waals surface area (Å²) in [5.41, 5.74) is 10.7. The van der Waals surface area contributed by atoms with E-state index >= 15 is 0 Å². The van der Waals surface area contributed by atoms with E-state index in [1.54, 1.807) is 31.4 Å². The number of carbonyl (C=O) groups excluding carboxylic acids is 1. The van der Waals surface area contributed by atoms with E-state index in [9.17, 15) is 4.79 Å². The van der Waals surface area contributed by atoms with Crippen LogP contribution in [0.2, 0.25) is 0 Å². The molecule has 0 saturated heterocycles. The van der Waals surface area contributed by atoms with Gasteiger partial charge in [0.1, 0.15) is 36.2 Å². The molecule has 10 heteroatoms. The fourth-order valence-corrected chi connectivity index (χ4v) is 5.32. The van der Waals surface area contributed by atoms with Crippen molar-refractivity contribution in [1.82, 2.24) is 15.3 Å². The van der Waals surface area contributed by atoms with E-state index in [2.05, 4.69) is 35.2 Å². The quantitative estimate of drug-likeness (QED) is 0.127. The number of ether oxygens (including phenoxy) is 3. The minimum atomic E-state index is -0.760. The highest BCUT2D eigenvalue weighted by Crippen LogP contribution is 2.37. The van der Waals surface area contributed by atoms with Crippen LogP contribution in [0.25, 0.3) is 22.8 Å². The van der Waals surface area contributed by atoms with Gasteiger partial charge in [0.2, 0.25) is 5.82 Å². The summed E-state index contributed by atoms with van der Waals surface area (Å²) in [6.45, 7) is 5.06. The van der Waals surface area contributed by atoms with Crippen LogP contribution >= 0.6 is 0 Å². The summed E-state index contributed by atoms with van der Waals surface area (Å²) in [6.07, 6.45) is 0.845. The molecular weight excluding hydrogens is 608 g/mol. The lowest BCUT2D eigenvalue weighted by molar-refractivity contribution is 0.0992. The third-order valence-corrected chi connectivity index (χ3v) is 7.89. The Labute approximate surface area is 278 Å². The molecule has 0 aliphatic carbocycles. The average Bonchev–Trinajstić information content (AvgIpc) is 3.78. The van der Waals surface area contributed by atoms with Crippen molar-refractivity contribution < 1.29 is 28.1 Å². The van der Waals surface area contributed by atoms with Crippen LogP contribution in [0.4, 0.5) is 0 Å². The first-order valence-electron chi connectivity index (χ1n) is 15.7. The fourth-order valence-electron chi connectivity index (χ4n) is 5.32. The number of nitrogens with two attached hydrogens (primary N) is 1. The zero-order valence-corrected chi connectivity index (χ0v) is 27.0. The molecule has 0 aliphatic heterocycles. The summed E-state index contributed by atoms with van der Waals surface area (Å²) in [5, 5.41) is 8.13. The van der Waals surface area contributed by atoms with Crippen LogP contribution in [0.1, 0.15) is 58.3 Å². The van der Waals surface area contributed by atoms with Crippen molar-refractivity contribution >= 4 is 5.91 Å². The molecular formula is C38H36N4O6. The van der Waals surface area contributed by atoms with Gasteiger partial charge in [-0.05, 0) is 64.9 Å². The summed E-state index contributed by atoms with van der Waals surface area (Å²) >= 11 is 0. The first-order chi connectivity index (χ1) is 23.4. The molecule has 4 aromatic carbocycles. The van der Waals surface area contributed by atoms with E-state index in [4.69, 9.17) is 29.0 Å². The first kappa shape index (κ1) is 32.1. The summed E-state index contributed by atoms with van der Waals surface area (Å²) in [7, 11) is 1.59. The Morgan fingerprint density at radius 1 is 0.792 bits per heavy atom. The Morgan fingerprint density at radius 3 is 2.04 bits per heavy atom. The number of nitrogens with zero attached hydrogens (tertiary/aromatic N) is 3. The van der Waals surface area contributed by atoms with Crippen molar-refractivity contribution in [2.75, 3.05) is 7.11 Å². The Kier molecular flexibility index (Phi) is 9.80. The SMILES string of the molecule is COc1ccc(-c2nc(-c3c(C(N)=O)noc3CCc3cc(C(C)C)c(OCc4ccccc4)cc3OCc3ccccc3)no2)cc1.